The molecule has 1 aliphatic carbocycles. The Morgan fingerprint density at radius 2 is 2.17 bits per heavy atom. The van der Waals surface area contributed by atoms with Crippen molar-refractivity contribution < 1.29 is 5.11 Å². The van der Waals surface area contributed by atoms with Gasteiger partial charge in [-0.3, -0.25) is 0 Å². The Morgan fingerprint density at radius 1 is 1.28 bits per heavy atom. The van der Waals surface area contributed by atoms with Crippen LogP contribution in [0.1, 0.15) is 43.7 Å². The molecule has 2 nitrogen and oxygen atoms in total. The number of rotatable bonds is 1. The van der Waals surface area contributed by atoms with Crippen molar-refractivity contribution >= 4 is 15.9 Å². The van der Waals surface area contributed by atoms with Crippen LogP contribution in [0.25, 0.3) is 0 Å². The van der Waals surface area contributed by atoms with Gasteiger partial charge in [0.25, 0.3) is 0 Å². The van der Waals surface area contributed by atoms with Crippen LogP contribution in [-0.2, 0) is 0 Å². The topological polar surface area (TPSA) is 32.3 Å². The molecule has 0 aromatic heterocycles. The van der Waals surface area contributed by atoms with Gasteiger partial charge in [0.15, 0.2) is 0 Å². The lowest BCUT2D eigenvalue weighted by molar-refractivity contribution is -0.0861. The van der Waals surface area contributed by atoms with Crippen molar-refractivity contribution in [3.63, 3.8) is 0 Å². The number of hydrogen-bond donors (Lipinski definition) is 2. The zero-order valence-electron chi connectivity index (χ0n) is 10.5. The van der Waals surface area contributed by atoms with Gasteiger partial charge in [-0.15, -0.1) is 0 Å². The van der Waals surface area contributed by atoms with E-state index in [1.807, 2.05) is 0 Å². The zero-order valence-corrected chi connectivity index (χ0v) is 12.1. The first kappa shape index (κ1) is 12.6. The van der Waals surface area contributed by atoms with Crippen LogP contribution >= 0.6 is 15.9 Å². The highest BCUT2D eigenvalue weighted by molar-refractivity contribution is 9.10. The lowest BCUT2D eigenvalue weighted by atomic mass is 9.67. The average Bonchev–Trinajstić information content (AvgIpc) is 2.37. The van der Waals surface area contributed by atoms with Gasteiger partial charge in [-0.2, -0.15) is 0 Å². The van der Waals surface area contributed by atoms with Gasteiger partial charge in [-0.05, 0) is 43.5 Å². The molecule has 1 heterocycles. The molecule has 0 radical (unpaired) electrons. The molecule has 1 aliphatic heterocycles. The van der Waals surface area contributed by atoms with E-state index in [0.29, 0.717) is 12.0 Å². The van der Waals surface area contributed by atoms with Crippen molar-refractivity contribution in [1.82, 2.24) is 5.32 Å². The second kappa shape index (κ2) is 4.95. The van der Waals surface area contributed by atoms with Gasteiger partial charge in [0.2, 0.25) is 0 Å². The fourth-order valence-corrected chi connectivity index (χ4v) is 4.09. The summed E-state index contributed by atoms with van der Waals surface area (Å²) >= 11 is 3.54. The molecule has 1 aromatic rings. The normalized spacial score (nSPS) is 36.1. The van der Waals surface area contributed by atoms with Crippen LogP contribution in [0.3, 0.4) is 0 Å². The third-order valence-corrected chi connectivity index (χ3v) is 5.09. The van der Waals surface area contributed by atoms with Gasteiger partial charge in [-0.25, -0.2) is 0 Å². The maximum absolute atomic E-state index is 10.8. The molecule has 2 fully saturated rings. The van der Waals surface area contributed by atoms with Gasteiger partial charge in [0.05, 0.1) is 5.60 Å². The van der Waals surface area contributed by atoms with Crippen molar-refractivity contribution in [2.24, 2.45) is 5.92 Å². The Balaban J connectivity index is 1.91. The largest absolute Gasteiger partial charge is 0.389 e. The Morgan fingerprint density at radius 3 is 3.00 bits per heavy atom. The van der Waals surface area contributed by atoms with Crippen molar-refractivity contribution in [2.75, 3.05) is 6.54 Å². The number of aliphatic hydroxyl groups is 1. The first-order chi connectivity index (χ1) is 8.69. The number of fused-ring (bicyclic) bond motifs is 1. The van der Waals surface area contributed by atoms with Crippen molar-refractivity contribution in [2.45, 2.75) is 43.7 Å². The number of piperidine rings is 1. The van der Waals surface area contributed by atoms with Crippen LogP contribution in [0.2, 0.25) is 0 Å². The van der Waals surface area contributed by atoms with E-state index in [1.165, 1.54) is 18.4 Å². The average molecular weight is 310 g/mol. The van der Waals surface area contributed by atoms with Crippen molar-refractivity contribution in [3.05, 3.63) is 34.3 Å². The van der Waals surface area contributed by atoms with Crippen LogP contribution in [0, 0.1) is 5.92 Å². The Hall–Kier alpha value is -0.380. The maximum atomic E-state index is 10.8. The molecule has 2 N–H and O–H groups in total. The van der Waals surface area contributed by atoms with Crippen LogP contribution in [0.15, 0.2) is 28.7 Å². The van der Waals surface area contributed by atoms with E-state index in [0.717, 1.165) is 30.3 Å². The fourth-order valence-electron chi connectivity index (χ4n) is 3.67. The van der Waals surface area contributed by atoms with Crippen LogP contribution in [0.5, 0.6) is 0 Å². The highest BCUT2D eigenvalue weighted by Gasteiger charge is 2.45. The summed E-state index contributed by atoms with van der Waals surface area (Å²) < 4.78 is 1.12. The molecule has 0 bridgehead atoms. The van der Waals surface area contributed by atoms with Gasteiger partial charge < -0.3 is 10.4 Å². The molecule has 1 saturated carbocycles. The van der Waals surface area contributed by atoms with Gasteiger partial charge in [-0.1, -0.05) is 40.9 Å². The number of halogens is 1. The molecule has 1 saturated heterocycles. The molecule has 18 heavy (non-hydrogen) atoms. The van der Waals surface area contributed by atoms with Gasteiger partial charge in [0, 0.05) is 16.4 Å². The van der Waals surface area contributed by atoms with Crippen LogP contribution < -0.4 is 5.32 Å². The molecule has 2 aliphatic rings. The maximum Gasteiger partial charge on any atom is 0.0706 e. The summed E-state index contributed by atoms with van der Waals surface area (Å²) in [5.74, 6) is 0.370. The first-order valence-corrected chi connectivity index (χ1v) is 7.70. The molecule has 3 atom stereocenters. The zero-order chi connectivity index (χ0) is 12.6. The molecule has 98 valence electrons. The predicted octanol–water partition coefficient (Wildman–Crippen LogP) is 3.40. The predicted molar refractivity (Wildman–Crippen MR) is 76.4 cm³/mol. The van der Waals surface area contributed by atoms with E-state index >= 15 is 0 Å². The summed E-state index contributed by atoms with van der Waals surface area (Å²) in [7, 11) is 0. The summed E-state index contributed by atoms with van der Waals surface area (Å²) in [5.41, 5.74) is 0.866. The third kappa shape index (κ3) is 2.24. The Bertz CT molecular complexity index is 432. The van der Waals surface area contributed by atoms with E-state index in [-0.39, 0.29) is 0 Å². The quantitative estimate of drug-likeness (QED) is 0.833. The second-order valence-corrected chi connectivity index (χ2v) is 6.61. The molecule has 3 heteroatoms. The monoisotopic (exact) mass is 309 g/mol. The van der Waals surface area contributed by atoms with E-state index in [2.05, 4.69) is 45.5 Å². The smallest absolute Gasteiger partial charge is 0.0706 e. The lowest BCUT2D eigenvalue weighted by Crippen LogP contribution is -2.53. The molecule has 1 aromatic carbocycles. The van der Waals surface area contributed by atoms with Crippen molar-refractivity contribution in [3.8, 4) is 0 Å². The van der Waals surface area contributed by atoms with Gasteiger partial charge >= 0.3 is 0 Å². The number of nitrogens with one attached hydrogen (secondary N) is 1. The first-order valence-electron chi connectivity index (χ1n) is 6.90. The molecular weight excluding hydrogens is 290 g/mol. The van der Waals surface area contributed by atoms with Gasteiger partial charge in [0.1, 0.15) is 0 Å². The molecule has 3 rings (SSSR count). The minimum Gasteiger partial charge on any atom is -0.389 e. The fraction of sp³-hybridized carbons (Fsp3) is 0.600. The summed E-state index contributed by atoms with van der Waals surface area (Å²) in [6, 6.07) is 8.79. The van der Waals surface area contributed by atoms with Crippen LogP contribution in [-0.4, -0.2) is 17.3 Å². The van der Waals surface area contributed by atoms with Crippen molar-refractivity contribution in [1.29, 1.82) is 0 Å². The molecule has 0 amide bonds. The minimum absolute atomic E-state index is 0.307. The summed E-state index contributed by atoms with van der Waals surface area (Å²) in [6.07, 6.45) is 5.45. The van der Waals surface area contributed by atoms with E-state index in [9.17, 15) is 5.11 Å². The highest BCUT2D eigenvalue weighted by Crippen LogP contribution is 2.45. The van der Waals surface area contributed by atoms with Crippen LogP contribution in [0.4, 0.5) is 0 Å². The molecule has 0 unspecified atom stereocenters. The standard InChI is InChI=1S/C15H20BrNO/c16-12-5-3-4-11(10-12)14-13-6-1-2-7-15(13,18)8-9-17-14/h3-5,10,13-14,17-18H,1-2,6-9H2/t13-,14-,15+/m1/s1. The summed E-state index contributed by atoms with van der Waals surface area (Å²) in [6.45, 7) is 0.921. The minimum atomic E-state index is -0.434. The highest BCUT2D eigenvalue weighted by atomic mass is 79.9. The summed E-state index contributed by atoms with van der Waals surface area (Å²) in [4.78, 5) is 0. The van der Waals surface area contributed by atoms with E-state index in [4.69, 9.17) is 0 Å². The Kier molecular flexibility index (Phi) is 3.48. The SMILES string of the molecule is O[C@]12CCCC[C@@H]1[C@@H](c1cccc(Br)c1)NCC2. The second-order valence-electron chi connectivity index (χ2n) is 5.69. The van der Waals surface area contributed by atoms with E-state index < -0.39 is 5.60 Å². The lowest BCUT2D eigenvalue weighted by Gasteiger charge is -2.48. The van der Waals surface area contributed by atoms with E-state index in [1.54, 1.807) is 0 Å². The molecule has 0 spiro atoms. The number of hydrogen-bond acceptors (Lipinski definition) is 2. The molecular formula is C15H20BrNO. The number of benzene rings is 1. The Labute approximate surface area is 117 Å². The summed E-state index contributed by atoms with van der Waals surface area (Å²) in [5, 5.41) is 14.4. The third-order valence-electron chi connectivity index (χ3n) is 4.60.